The maximum atomic E-state index is 12.9. The van der Waals surface area contributed by atoms with E-state index in [0.29, 0.717) is 16.8 Å². The number of nitrogens with two attached hydrogens (primary N) is 2. The molecule has 4 amide bonds. The van der Waals surface area contributed by atoms with Crippen molar-refractivity contribution in [1.29, 1.82) is 0 Å². The van der Waals surface area contributed by atoms with Crippen molar-refractivity contribution in [1.82, 2.24) is 20.4 Å². The number of nitrogens with one attached hydrogen (secondary N) is 2. The predicted molar refractivity (Wildman–Crippen MR) is 133 cm³/mol. The fraction of sp³-hybridized carbons (Fsp3) is 0.286. The lowest BCUT2D eigenvalue weighted by Crippen LogP contribution is -2.71. The summed E-state index contributed by atoms with van der Waals surface area (Å²) in [4.78, 5) is 60.5. The first kappa shape index (κ1) is 27.0. The van der Waals surface area contributed by atoms with Crippen molar-refractivity contribution in [3.05, 3.63) is 47.0 Å². The predicted octanol–water partition coefficient (Wildman–Crippen LogP) is -0.282. The molecule has 0 radical (unpaired) electrons. The fourth-order valence-electron chi connectivity index (χ4n) is 3.75. The summed E-state index contributed by atoms with van der Waals surface area (Å²) in [7, 11) is 0. The van der Waals surface area contributed by atoms with E-state index in [1.807, 2.05) is 0 Å². The second kappa shape index (κ2) is 11.1. The molecule has 2 aliphatic rings. The molecular formula is C21H21N7O8S2. The minimum Gasteiger partial charge on any atom is -0.481 e. The number of carbonyl (C=O) groups is 5. The van der Waals surface area contributed by atoms with Crippen molar-refractivity contribution in [2.75, 3.05) is 16.8 Å². The van der Waals surface area contributed by atoms with Crippen LogP contribution < -0.4 is 22.1 Å². The Kier molecular flexibility index (Phi) is 7.88. The number of fused-ring (bicyclic) bond motifs is 1. The Bertz CT molecular complexity index is 1330. The highest BCUT2D eigenvalue weighted by molar-refractivity contribution is 8.01. The van der Waals surface area contributed by atoms with Crippen LogP contribution in [0.4, 0.5) is 10.5 Å². The Balaban J connectivity index is 1.40. The largest absolute Gasteiger partial charge is 0.481 e. The highest BCUT2D eigenvalue weighted by Gasteiger charge is 2.54. The molecule has 1 aromatic heterocycles. The van der Waals surface area contributed by atoms with Gasteiger partial charge in [-0.3, -0.25) is 19.3 Å². The molecule has 2 aliphatic heterocycles. The van der Waals surface area contributed by atoms with Crippen LogP contribution in [-0.4, -0.2) is 78.0 Å². The quantitative estimate of drug-likeness (QED) is 0.161. The Labute approximate surface area is 222 Å². The van der Waals surface area contributed by atoms with Crippen molar-refractivity contribution in [2.24, 2.45) is 11.5 Å². The number of nitrogens with zero attached hydrogens (tertiary/aromatic N) is 3. The van der Waals surface area contributed by atoms with Gasteiger partial charge in [-0.15, -0.1) is 22.0 Å². The van der Waals surface area contributed by atoms with Crippen LogP contribution in [-0.2, 0) is 25.6 Å². The number of urea groups is 1. The van der Waals surface area contributed by atoms with Crippen LogP contribution in [0.1, 0.15) is 17.5 Å². The number of primary amides is 1. The van der Waals surface area contributed by atoms with Crippen LogP contribution >= 0.6 is 23.5 Å². The molecule has 15 nitrogen and oxygen atoms in total. The Morgan fingerprint density at radius 2 is 1.92 bits per heavy atom. The molecule has 1 aromatic carbocycles. The monoisotopic (exact) mass is 563 g/mol. The zero-order valence-corrected chi connectivity index (χ0v) is 21.0. The lowest BCUT2D eigenvalue weighted by Gasteiger charge is -2.49. The Morgan fingerprint density at radius 1 is 1.21 bits per heavy atom. The van der Waals surface area contributed by atoms with Gasteiger partial charge in [-0.2, -0.15) is 0 Å². The molecule has 2 aromatic rings. The van der Waals surface area contributed by atoms with Crippen molar-refractivity contribution >= 4 is 59.0 Å². The zero-order chi connectivity index (χ0) is 27.6. The smallest absolute Gasteiger partial charge is 0.352 e. The van der Waals surface area contributed by atoms with Gasteiger partial charge in [0.1, 0.15) is 29.6 Å². The van der Waals surface area contributed by atoms with E-state index in [-0.39, 0.29) is 28.3 Å². The summed E-state index contributed by atoms with van der Waals surface area (Å²) < 4.78 is 5.23. The highest BCUT2D eigenvalue weighted by Crippen LogP contribution is 2.41. The summed E-state index contributed by atoms with van der Waals surface area (Å²) in [6.45, 7) is 0. The molecule has 3 heterocycles. The average molecular weight is 564 g/mol. The third-order valence-corrected chi connectivity index (χ3v) is 7.73. The highest BCUT2D eigenvalue weighted by atomic mass is 32.2. The fourth-order valence-corrected chi connectivity index (χ4v) is 6.02. The molecule has 0 spiro atoms. The molecular weight excluding hydrogens is 542 g/mol. The maximum Gasteiger partial charge on any atom is 0.352 e. The van der Waals surface area contributed by atoms with Crippen LogP contribution in [0.15, 0.2) is 45.2 Å². The molecule has 17 heteroatoms. The van der Waals surface area contributed by atoms with Gasteiger partial charge in [0.2, 0.25) is 11.8 Å². The zero-order valence-electron chi connectivity index (χ0n) is 19.3. The standard InChI is InChI=1S/C21H21N7O8S2/c22-13(8-1-3-10(4-2-8)24-20(23)35)16(31)25-14-17(32)28-15(19(33)34)9(6-37-18(14)28)7-38-21-27-26-11(36-21)5-12(29)30/h1-4,13-14,18H,5-7,22H2,(H,25,31)(H,29,30)(H,33,34)(H3,23,24,35)/t13?,14?,18-/m1/s1. The van der Waals surface area contributed by atoms with Gasteiger partial charge < -0.3 is 36.7 Å². The van der Waals surface area contributed by atoms with Gasteiger partial charge in [0, 0.05) is 17.2 Å². The Hall–Kier alpha value is -4.09. The number of carbonyl (C=O) groups excluding carboxylic acids is 3. The van der Waals surface area contributed by atoms with Gasteiger partial charge in [0.25, 0.3) is 11.1 Å². The van der Waals surface area contributed by atoms with E-state index in [0.717, 1.165) is 16.7 Å². The van der Waals surface area contributed by atoms with E-state index in [2.05, 4.69) is 20.8 Å². The number of rotatable bonds is 10. The van der Waals surface area contributed by atoms with Gasteiger partial charge in [-0.25, -0.2) is 9.59 Å². The molecule has 0 saturated carbocycles. The number of benzene rings is 1. The summed E-state index contributed by atoms with van der Waals surface area (Å²) in [5.74, 6) is -3.37. The molecule has 1 saturated heterocycles. The van der Waals surface area contributed by atoms with E-state index in [1.165, 1.54) is 36.0 Å². The lowest BCUT2D eigenvalue weighted by atomic mass is 10.0. The molecule has 38 heavy (non-hydrogen) atoms. The number of aliphatic carboxylic acids is 2. The molecule has 200 valence electrons. The van der Waals surface area contributed by atoms with E-state index in [1.54, 1.807) is 0 Å². The minimum atomic E-state index is -1.30. The number of hydrogen-bond acceptors (Lipinski definition) is 11. The van der Waals surface area contributed by atoms with E-state index < -0.39 is 53.7 Å². The van der Waals surface area contributed by atoms with E-state index >= 15 is 0 Å². The van der Waals surface area contributed by atoms with E-state index in [9.17, 15) is 29.1 Å². The second-order valence-corrected chi connectivity index (χ2v) is 10.1. The van der Waals surface area contributed by atoms with Gasteiger partial charge in [-0.1, -0.05) is 23.9 Å². The summed E-state index contributed by atoms with van der Waals surface area (Å²) in [6, 6.07) is 3.28. The molecule has 4 rings (SSSR count). The minimum absolute atomic E-state index is 0.0677. The summed E-state index contributed by atoms with van der Waals surface area (Å²) in [6.07, 6.45) is -0.439. The van der Waals surface area contributed by atoms with Crippen LogP contribution in [0, 0.1) is 0 Å². The molecule has 2 unspecified atom stereocenters. The molecule has 1 fully saturated rings. The number of carboxylic acids is 2. The third-order valence-electron chi connectivity index (χ3n) is 5.49. The summed E-state index contributed by atoms with van der Waals surface area (Å²) >= 11 is 2.30. The second-order valence-electron chi connectivity index (χ2n) is 8.06. The number of β-lactam (4-membered cyclic amide) rings is 1. The van der Waals surface area contributed by atoms with Gasteiger partial charge >= 0.3 is 18.0 Å². The van der Waals surface area contributed by atoms with Gasteiger partial charge in [-0.05, 0) is 23.3 Å². The first-order valence-electron chi connectivity index (χ1n) is 10.8. The number of hydrogen-bond donors (Lipinski definition) is 6. The van der Waals surface area contributed by atoms with Crippen molar-refractivity contribution in [2.45, 2.75) is 29.1 Å². The average Bonchev–Trinajstić information content (AvgIpc) is 3.31. The first-order chi connectivity index (χ1) is 18.0. The van der Waals surface area contributed by atoms with Crippen molar-refractivity contribution in [3.63, 3.8) is 0 Å². The number of anilines is 1. The third kappa shape index (κ3) is 5.74. The van der Waals surface area contributed by atoms with E-state index in [4.69, 9.17) is 21.0 Å². The molecule has 0 aliphatic carbocycles. The van der Waals surface area contributed by atoms with Gasteiger partial charge in [0.05, 0.1) is 0 Å². The lowest BCUT2D eigenvalue weighted by molar-refractivity contribution is -0.150. The SMILES string of the molecule is NC(=O)Nc1ccc(C(N)C(=O)NC2C(=O)N3C(C(=O)O)=C(CSc4nnc(CC(=O)O)o4)CS[C@H]23)cc1. The molecule has 3 atom stereocenters. The number of thioether (sulfide) groups is 2. The first-order valence-corrected chi connectivity index (χ1v) is 12.9. The Morgan fingerprint density at radius 3 is 2.55 bits per heavy atom. The number of aromatic nitrogens is 2. The van der Waals surface area contributed by atoms with Gasteiger partial charge in [0.15, 0.2) is 0 Å². The van der Waals surface area contributed by atoms with Crippen LogP contribution in [0.2, 0.25) is 0 Å². The summed E-state index contributed by atoms with van der Waals surface area (Å²) in [5, 5.41) is 30.4. The summed E-state index contributed by atoms with van der Waals surface area (Å²) in [5.41, 5.74) is 12.2. The van der Waals surface area contributed by atoms with Crippen molar-refractivity contribution in [3.8, 4) is 0 Å². The van der Waals surface area contributed by atoms with Crippen LogP contribution in [0.5, 0.6) is 0 Å². The molecule has 0 bridgehead atoms. The van der Waals surface area contributed by atoms with Crippen LogP contribution in [0.25, 0.3) is 0 Å². The molecule has 8 N–H and O–H groups in total. The van der Waals surface area contributed by atoms with Crippen LogP contribution in [0.3, 0.4) is 0 Å². The van der Waals surface area contributed by atoms with Crippen molar-refractivity contribution < 1.29 is 38.6 Å². The normalized spacial score (nSPS) is 19.3. The number of amides is 4. The number of carboxylic acid groups (broad SMARTS) is 2. The topological polar surface area (TPSA) is 244 Å². The maximum absolute atomic E-state index is 12.9.